The molecule has 1 amide bonds. The van der Waals surface area contributed by atoms with Crippen LogP contribution in [0.15, 0.2) is 29.2 Å². The monoisotopic (exact) mass is 321 g/mol. The number of carboxylic acid groups (broad SMARTS) is 1. The quantitative estimate of drug-likeness (QED) is 0.851. The van der Waals surface area contributed by atoms with Crippen LogP contribution in [0.3, 0.4) is 0 Å². The van der Waals surface area contributed by atoms with Crippen LogP contribution in [0.25, 0.3) is 0 Å². The van der Waals surface area contributed by atoms with E-state index in [1.807, 2.05) is 0 Å². The molecule has 116 valence electrons. The predicted molar refractivity (Wildman–Crippen MR) is 68.8 cm³/mol. The summed E-state index contributed by atoms with van der Waals surface area (Å²) in [7, 11) is -4.73. The topological polar surface area (TPSA) is 101 Å². The molecule has 0 aliphatic carbocycles. The molecule has 0 heterocycles. The summed E-state index contributed by atoms with van der Waals surface area (Å²) in [5, 5.41) is 11.1. The lowest BCUT2D eigenvalue weighted by Crippen LogP contribution is -2.49. The van der Waals surface area contributed by atoms with Gasteiger partial charge in [0.1, 0.15) is 5.54 Å². The molecule has 6 nitrogen and oxygen atoms in total. The van der Waals surface area contributed by atoms with E-state index in [0.29, 0.717) is 0 Å². The fourth-order valence-corrected chi connectivity index (χ4v) is 2.03. The molecule has 2 N–H and O–H groups in total. The minimum Gasteiger partial charge on any atom is -0.480 e. The van der Waals surface area contributed by atoms with Crippen molar-refractivity contribution in [1.82, 2.24) is 5.32 Å². The van der Waals surface area contributed by atoms with Crippen molar-refractivity contribution in [3.8, 4) is 0 Å². The smallest absolute Gasteiger partial charge is 0.341 e. The summed E-state index contributed by atoms with van der Waals surface area (Å²) in [6.07, 6.45) is 0. The SMILES string of the molecule is CC(C)(NC(=O)c1ccc(S(=O)(=O)C(F)F)cc1)C(=O)O. The van der Waals surface area contributed by atoms with Gasteiger partial charge in [0.15, 0.2) is 0 Å². The van der Waals surface area contributed by atoms with Crippen molar-refractivity contribution in [3.63, 3.8) is 0 Å². The third-order valence-corrected chi connectivity index (χ3v) is 4.04. The lowest BCUT2D eigenvalue weighted by atomic mass is 10.1. The molecule has 1 aromatic rings. The van der Waals surface area contributed by atoms with Gasteiger partial charge in [-0.25, -0.2) is 13.2 Å². The highest BCUT2D eigenvalue weighted by Crippen LogP contribution is 2.18. The van der Waals surface area contributed by atoms with E-state index in [2.05, 4.69) is 5.32 Å². The molecule has 1 rings (SSSR count). The van der Waals surface area contributed by atoms with Gasteiger partial charge in [-0.2, -0.15) is 8.78 Å². The van der Waals surface area contributed by atoms with E-state index in [9.17, 15) is 26.8 Å². The number of carbonyl (C=O) groups excluding carboxylic acids is 1. The zero-order valence-electron chi connectivity index (χ0n) is 11.1. The molecule has 0 aliphatic heterocycles. The Morgan fingerprint density at radius 2 is 1.67 bits per heavy atom. The van der Waals surface area contributed by atoms with Gasteiger partial charge in [-0.15, -0.1) is 0 Å². The van der Waals surface area contributed by atoms with Crippen LogP contribution in [0.2, 0.25) is 0 Å². The summed E-state index contributed by atoms with van der Waals surface area (Å²) >= 11 is 0. The molecular weight excluding hydrogens is 308 g/mol. The first-order chi connectivity index (χ1) is 9.48. The maximum atomic E-state index is 12.3. The van der Waals surface area contributed by atoms with Crippen molar-refractivity contribution in [1.29, 1.82) is 0 Å². The van der Waals surface area contributed by atoms with Crippen LogP contribution in [-0.4, -0.2) is 36.7 Å². The second kappa shape index (κ2) is 5.76. The second-order valence-corrected chi connectivity index (χ2v) is 6.63. The molecule has 0 saturated heterocycles. The van der Waals surface area contributed by atoms with Crippen molar-refractivity contribution >= 4 is 21.7 Å². The predicted octanol–water partition coefficient (Wildman–Crippen LogP) is 1.28. The van der Waals surface area contributed by atoms with Crippen LogP contribution in [0.1, 0.15) is 24.2 Å². The number of halogens is 2. The van der Waals surface area contributed by atoms with Crippen molar-refractivity contribution in [2.45, 2.75) is 30.0 Å². The van der Waals surface area contributed by atoms with Gasteiger partial charge in [0, 0.05) is 5.56 Å². The van der Waals surface area contributed by atoms with E-state index < -0.39 is 37.9 Å². The third-order valence-electron chi connectivity index (χ3n) is 2.64. The minimum atomic E-state index is -4.73. The highest BCUT2D eigenvalue weighted by atomic mass is 32.2. The van der Waals surface area contributed by atoms with Gasteiger partial charge in [0.2, 0.25) is 9.84 Å². The van der Waals surface area contributed by atoms with Crippen LogP contribution in [0.5, 0.6) is 0 Å². The number of amides is 1. The fourth-order valence-electron chi connectivity index (χ4n) is 1.31. The molecule has 9 heteroatoms. The Balaban J connectivity index is 2.99. The summed E-state index contributed by atoms with van der Waals surface area (Å²) < 4.78 is 47.1. The average Bonchev–Trinajstić information content (AvgIpc) is 2.37. The van der Waals surface area contributed by atoms with E-state index in [4.69, 9.17) is 5.11 Å². The first kappa shape index (κ1) is 17.0. The van der Waals surface area contributed by atoms with Gasteiger partial charge in [0.05, 0.1) is 4.90 Å². The molecule has 0 aromatic heterocycles. The number of hydrogen-bond donors (Lipinski definition) is 2. The number of carboxylic acids is 1. The summed E-state index contributed by atoms with van der Waals surface area (Å²) in [4.78, 5) is 22.0. The minimum absolute atomic E-state index is 0.0439. The lowest BCUT2D eigenvalue weighted by Gasteiger charge is -2.20. The Kier molecular flexibility index (Phi) is 4.67. The van der Waals surface area contributed by atoms with E-state index in [-0.39, 0.29) is 5.56 Å². The van der Waals surface area contributed by atoms with Gasteiger partial charge in [-0.1, -0.05) is 0 Å². The summed E-state index contributed by atoms with van der Waals surface area (Å²) in [6, 6.07) is 3.79. The largest absolute Gasteiger partial charge is 0.480 e. The number of benzene rings is 1. The van der Waals surface area contributed by atoms with Crippen LogP contribution >= 0.6 is 0 Å². The zero-order valence-corrected chi connectivity index (χ0v) is 11.9. The maximum Gasteiger partial charge on any atom is 0.341 e. The number of nitrogens with one attached hydrogen (secondary N) is 1. The Morgan fingerprint density at radius 1 is 1.19 bits per heavy atom. The summed E-state index contributed by atoms with van der Waals surface area (Å²) in [5.74, 6) is -5.57. The third kappa shape index (κ3) is 3.75. The standard InChI is InChI=1S/C12H13F2NO5S/c1-12(2,10(17)18)15-9(16)7-3-5-8(6-4-7)21(19,20)11(13)14/h3-6,11H,1-2H3,(H,15,16)(H,17,18). The highest BCUT2D eigenvalue weighted by Gasteiger charge is 2.30. The molecular formula is C12H13F2NO5S. The Hall–Kier alpha value is -2.03. The molecule has 0 atom stereocenters. The molecule has 0 radical (unpaired) electrons. The second-order valence-electron chi connectivity index (χ2n) is 4.71. The molecule has 0 saturated carbocycles. The number of aliphatic carboxylic acids is 1. The lowest BCUT2D eigenvalue weighted by molar-refractivity contribution is -0.143. The first-order valence-electron chi connectivity index (χ1n) is 5.66. The number of hydrogen-bond acceptors (Lipinski definition) is 4. The number of carbonyl (C=O) groups is 2. The number of rotatable bonds is 5. The van der Waals surface area contributed by atoms with Gasteiger partial charge < -0.3 is 10.4 Å². The molecule has 1 aromatic carbocycles. The van der Waals surface area contributed by atoms with Gasteiger partial charge in [0.25, 0.3) is 5.91 Å². The van der Waals surface area contributed by atoms with Crippen LogP contribution in [-0.2, 0) is 14.6 Å². The van der Waals surface area contributed by atoms with E-state index in [1.165, 1.54) is 13.8 Å². The molecule has 0 spiro atoms. The summed E-state index contributed by atoms with van der Waals surface area (Å²) in [6.45, 7) is 2.53. The molecule has 21 heavy (non-hydrogen) atoms. The van der Waals surface area contributed by atoms with Crippen molar-refractivity contribution in [2.75, 3.05) is 0 Å². The Morgan fingerprint density at radius 3 is 2.05 bits per heavy atom. The Labute approximate surface area is 119 Å². The van der Waals surface area contributed by atoms with Gasteiger partial charge in [-0.3, -0.25) is 4.79 Å². The summed E-state index contributed by atoms with van der Waals surface area (Å²) in [5.41, 5.74) is -1.57. The van der Waals surface area contributed by atoms with E-state index in [1.54, 1.807) is 0 Å². The van der Waals surface area contributed by atoms with Crippen molar-refractivity contribution in [2.24, 2.45) is 0 Å². The number of alkyl halides is 2. The molecule has 0 unspecified atom stereocenters. The first-order valence-corrected chi connectivity index (χ1v) is 7.21. The van der Waals surface area contributed by atoms with Gasteiger partial charge in [-0.05, 0) is 38.1 Å². The zero-order chi connectivity index (χ0) is 16.4. The molecule has 0 fully saturated rings. The van der Waals surface area contributed by atoms with E-state index >= 15 is 0 Å². The molecule has 0 aliphatic rings. The van der Waals surface area contributed by atoms with Crippen molar-refractivity contribution < 1.29 is 31.9 Å². The normalized spacial score (nSPS) is 12.2. The van der Waals surface area contributed by atoms with Crippen LogP contribution < -0.4 is 5.32 Å². The van der Waals surface area contributed by atoms with Crippen LogP contribution in [0.4, 0.5) is 8.78 Å². The average molecular weight is 321 g/mol. The number of sulfone groups is 1. The fraction of sp³-hybridized carbons (Fsp3) is 0.333. The van der Waals surface area contributed by atoms with Crippen molar-refractivity contribution in [3.05, 3.63) is 29.8 Å². The van der Waals surface area contributed by atoms with Crippen LogP contribution in [0, 0.1) is 0 Å². The highest BCUT2D eigenvalue weighted by molar-refractivity contribution is 7.91. The van der Waals surface area contributed by atoms with E-state index in [0.717, 1.165) is 24.3 Å². The maximum absolute atomic E-state index is 12.3. The van der Waals surface area contributed by atoms with Gasteiger partial charge >= 0.3 is 11.7 Å². The molecule has 0 bridgehead atoms. The Bertz CT molecular complexity index is 653.